The van der Waals surface area contributed by atoms with Crippen molar-refractivity contribution < 1.29 is 8.42 Å². The van der Waals surface area contributed by atoms with Crippen LogP contribution in [0.2, 0.25) is 0 Å². The molecule has 1 aromatic rings. The van der Waals surface area contributed by atoms with E-state index in [2.05, 4.69) is 15.3 Å². The third kappa shape index (κ3) is 3.16. The first-order chi connectivity index (χ1) is 8.91. The summed E-state index contributed by atoms with van der Waals surface area (Å²) in [5, 5.41) is 3.52. The average molecular weight is 286 g/mol. The fraction of sp³-hybridized carbons (Fsp3) is 0.750. The van der Waals surface area contributed by atoms with Crippen molar-refractivity contribution in [2.75, 3.05) is 13.1 Å². The molecule has 0 spiro atoms. The summed E-state index contributed by atoms with van der Waals surface area (Å²) in [6.07, 6.45) is 3.53. The van der Waals surface area contributed by atoms with E-state index in [4.69, 9.17) is 0 Å². The number of imidazole rings is 1. The van der Waals surface area contributed by atoms with Crippen molar-refractivity contribution in [1.82, 2.24) is 19.6 Å². The minimum atomic E-state index is -3.49. The van der Waals surface area contributed by atoms with Gasteiger partial charge in [0.2, 0.25) is 0 Å². The topological polar surface area (TPSA) is 78.1 Å². The molecule has 1 atom stereocenters. The SMILES string of the molecule is Cc1ncc(S(=O)(=O)N(CC2CCCN2)C(C)C)[nH]1. The molecule has 0 bridgehead atoms. The van der Waals surface area contributed by atoms with Crippen LogP contribution in [0.15, 0.2) is 11.2 Å². The lowest BCUT2D eigenvalue weighted by Crippen LogP contribution is -2.44. The van der Waals surface area contributed by atoms with Crippen molar-refractivity contribution in [2.24, 2.45) is 0 Å². The van der Waals surface area contributed by atoms with Crippen molar-refractivity contribution in [3.05, 3.63) is 12.0 Å². The van der Waals surface area contributed by atoms with Crippen molar-refractivity contribution in [2.45, 2.75) is 50.7 Å². The number of hydrogen-bond donors (Lipinski definition) is 2. The Kier molecular flexibility index (Phi) is 4.27. The minimum absolute atomic E-state index is 0.0731. The first-order valence-electron chi connectivity index (χ1n) is 6.68. The molecule has 2 rings (SSSR count). The summed E-state index contributed by atoms with van der Waals surface area (Å²) in [5.74, 6) is 0.612. The second-order valence-corrected chi connectivity index (χ2v) is 7.15. The Morgan fingerprint density at radius 2 is 2.26 bits per heavy atom. The molecule has 2 heterocycles. The number of sulfonamides is 1. The van der Waals surface area contributed by atoms with Gasteiger partial charge in [0.15, 0.2) is 5.03 Å². The molecule has 0 aliphatic carbocycles. The maximum Gasteiger partial charge on any atom is 0.260 e. The Hall–Kier alpha value is -0.920. The van der Waals surface area contributed by atoms with Crippen molar-refractivity contribution >= 4 is 10.0 Å². The Morgan fingerprint density at radius 1 is 1.53 bits per heavy atom. The zero-order valence-electron chi connectivity index (χ0n) is 11.7. The molecule has 1 aliphatic heterocycles. The number of aromatic nitrogens is 2. The van der Waals surface area contributed by atoms with Crippen LogP contribution in [0.4, 0.5) is 0 Å². The van der Waals surface area contributed by atoms with Crippen LogP contribution in [0.25, 0.3) is 0 Å². The quantitative estimate of drug-likeness (QED) is 0.842. The van der Waals surface area contributed by atoms with E-state index >= 15 is 0 Å². The van der Waals surface area contributed by atoms with E-state index in [-0.39, 0.29) is 17.1 Å². The van der Waals surface area contributed by atoms with E-state index in [1.54, 1.807) is 11.2 Å². The molecular formula is C12H22N4O2S. The van der Waals surface area contributed by atoms with Gasteiger partial charge in [-0.1, -0.05) is 0 Å². The number of rotatable bonds is 5. The Balaban J connectivity index is 2.22. The third-order valence-corrected chi connectivity index (χ3v) is 5.36. The zero-order valence-corrected chi connectivity index (χ0v) is 12.5. The number of aromatic amines is 1. The lowest BCUT2D eigenvalue weighted by molar-refractivity contribution is 0.321. The van der Waals surface area contributed by atoms with Gasteiger partial charge in [-0.05, 0) is 40.2 Å². The zero-order chi connectivity index (χ0) is 14.0. The second kappa shape index (κ2) is 5.60. The summed E-state index contributed by atoms with van der Waals surface area (Å²) in [6, 6.07) is 0.178. The van der Waals surface area contributed by atoms with E-state index in [0.29, 0.717) is 12.4 Å². The molecule has 0 aromatic carbocycles. The van der Waals surface area contributed by atoms with E-state index < -0.39 is 10.0 Å². The van der Waals surface area contributed by atoms with E-state index in [9.17, 15) is 8.42 Å². The number of hydrogen-bond acceptors (Lipinski definition) is 4. The second-order valence-electron chi connectivity index (χ2n) is 5.29. The first-order valence-corrected chi connectivity index (χ1v) is 8.12. The van der Waals surface area contributed by atoms with Crippen LogP contribution in [-0.4, -0.2) is 47.9 Å². The Bertz CT molecular complexity index is 518. The molecule has 1 aromatic heterocycles. The summed E-state index contributed by atoms with van der Waals surface area (Å²) >= 11 is 0. The van der Waals surface area contributed by atoms with Gasteiger partial charge in [0, 0.05) is 18.6 Å². The molecule has 19 heavy (non-hydrogen) atoms. The third-order valence-electron chi connectivity index (χ3n) is 3.40. The Morgan fingerprint density at radius 3 is 2.74 bits per heavy atom. The molecule has 0 radical (unpaired) electrons. The molecule has 1 unspecified atom stereocenters. The molecule has 6 nitrogen and oxygen atoms in total. The summed E-state index contributed by atoms with van der Waals surface area (Å²) in [5.41, 5.74) is 0. The molecule has 108 valence electrons. The van der Waals surface area contributed by atoms with Gasteiger partial charge in [-0.3, -0.25) is 0 Å². The summed E-state index contributed by atoms with van der Waals surface area (Å²) < 4.78 is 26.7. The fourth-order valence-electron chi connectivity index (χ4n) is 2.37. The standard InChI is InChI=1S/C12H22N4O2S/c1-9(2)16(8-11-5-4-6-13-11)19(17,18)12-7-14-10(3)15-12/h7,9,11,13H,4-6,8H2,1-3H3,(H,14,15). The van der Waals surface area contributed by atoms with Crippen LogP contribution in [0, 0.1) is 6.92 Å². The largest absolute Gasteiger partial charge is 0.332 e. The molecule has 1 saturated heterocycles. The van der Waals surface area contributed by atoms with Gasteiger partial charge in [0.1, 0.15) is 5.82 Å². The van der Waals surface area contributed by atoms with E-state index in [1.807, 2.05) is 13.8 Å². The lowest BCUT2D eigenvalue weighted by atomic mass is 10.2. The first kappa shape index (κ1) is 14.5. The Labute approximate surface area is 114 Å². The average Bonchev–Trinajstić information content (AvgIpc) is 2.96. The molecular weight excluding hydrogens is 264 g/mol. The van der Waals surface area contributed by atoms with Crippen molar-refractivity contribution in [3.63, 3.8) is 0 Å². The molecule has 1 fully saturated rings. The van der Waals surface area contributed by atoms with Gasteiger partial charge in [0.25, 0.3) is 10.0 Å². The normalized spacial score (nSPS) is 20.6. The number of aryl methyl sites for hydroxylation is 1. The van der Waals surface area contributed by atoms with Crippen molar-refractivity contribution in [1.29, 1.82) is 0 Å². The van der Waals surface area contributed by atoms with Gasteiger partial charge in [0.05, 0.1) is 6.20 Å². The number of H-pyrrole nitrogens is 1. The van der Waals surface area contributed by atoms with Crippen molar-refractivity contribution in [3.8, 4) is 0 Å². The predicted octanol–water partition coefficient (Wildman–Crippen LogP) is 0.869. The maximum atomic E-state index is 12.6. The lowest BCUT2D eigenvalue weighted by Gasteiger charge is -2.27. The van der Waals surface area contributed by atoms with E-state index in [1.165, 1.54) is 6.20 Å². The highest BCUT2D eigenvalue weighted by molar-refractivity contribution is 7.89. The highest BCUT2D eigenvalue weighted by Gasteiger charge is 2.31. The smallest absolute Gasteiger partial charge is 0.260 e. The maximum absolute atomic E-state index is 12.6. The molecule has 2 N–H and O–H groups in total. The van der Waals surface area contributed by atoms with E-state index in [0.717, 1.165) is 19.4 Å². The highest BCUT2D eigenvalue weighted by Crippen LogP contribution is 2.19. The van der Waals surface area contributed by atoms with Gasteiger partial charge in [-0.15, -0.1) is 0 Å². The molecule has 0 saturated carbocycles. The molecule has 7 heteroatoms. The van der Waals surface area contributed by atoms with Crippen LogP contribution in [-0.2, 0) is 10.0 Å². The van der Waals surface area contributed by atoms with Gasteiger partial charge >= 0.3 is 0 Å². The fourth-order valence-corrected chi connectivity index (χ4v) is 4.02. The highest BCUT2D eigenvalue weighted by atomic mass is 32.2. The summed E-state index contributed by atoms with van der Waals surface area (Å²) in [4.78, 5) is 6.79. The van der Waals surface area contributed by atoms with Gasteiger partial charge in [-0.2, -0.15) is 4.31 Å². The number of nitrogens with one attached hydrogen (secondary N) is 2. The molecule has 0 amide bonds. The minimum Gasteiger partial charge on any atom is -0.332 e. The van der Waals surface area contributed by atoms with Gasteiger partial charge in [-0.25, -0.2) is 13.4 Å². The monoisotopic (exact) mass is 286 g/mol. The van der Waals surface area contributed by atoms with Gasteiger partial charge < -0.3 is 10.3 Å². The van der Waals surface area contributed by atoms with Crippen LogP contribution >= 0.6 is 0 Å². The van der Waals surface area contributed by atoms with Crippen LogP contribution < -0.4 is 5.32 Å². The predicted molar refractivity (Wildman–Crippen MR) is 73.4 cm³/mol. The molecule has 1 aliphatic rings. The van der Waals surface area contributed by atoms with Crippen LogP contribution in [0.1, 0.15) is 32.5 Å². The van der Waals surface area contributed by atoms with Crippen LogP contribution in [0.5, 0.6) is 0 Å². The number of nitrogens with zero attached hydrogens (tertiary/aromatic N) is 2. The summed E-state index contributed by atoms with van der Waals surface area (Å²) in [6.45, 7) is 7.03. The van der Waals surface area contributed by atoms with Crippen LogP contribution in [0.3, 0.4) is 0 Å². The summed E-state index contributed by atoms with van der Waals surface area (Å²) in [7, 11) is -3.49.